The molecule has 3 heterocycles. The van der Waals surface area contributed by atoms with Crippen molar-refractivity contribution < 1.29 is 19.1 Å². The minimum atomic E-state index is -0.647. The third-order valence-corrected chi connectivity index (χ3v) is 7.09. The lowest BCUT2D eigenvalue weighted by Crippen LogP contribution is -2.40. The average molecular weight is 586 g/mol. The summed E-state index contributed by atoms with van der Waals surface area (Å²) in [5.74, 6) is 0.279. The molecule has 11 nitrogen and oxygen atoms in total. The van der Waals surface area contributed by atoms with E-state index in [1.807, 2.05) is 38.3 Å². The summed E-state index contributed by atoms with van der Waals surface area (Å²) >= 11 is 6.73. The van der Waals surface area contributed by atoms with Crippen molar-refractivity contribution in [2.45, 2.75) is 92.0 Å². The quantitative estimate of drug-likeness (QED) is 0.369. The van der Waals surface area contributed by atoms with Crippen molar-refractivity contribution in [2.24, 2.45) is 0 Å². The second-order valence-corrected chi connectivity index (χ2v) is 12.7. The highest BCUT2D eigenvalue weighted by atomic mass is 35.5. The molecule has 41 heavy (non-hydrogen) atoms. The van der Waals surface area contributed by atoms with E-state index in [0.29, 0.717) is 29.3 Å². The Morgan fingerprint density at radius 3 is 2.39 bits per heavy atom. The predicted octanol–water partition coefficient (Wildman–Crippen LogP) is 5.85. The Hall–Kier alpha value is -3.60. The summed E-state index contributed by atoms with van der Waals surface area (Å²) in [6, 6.07) is 1.95. The van der Waals surface area contributed by atoms with E-state index in [-0.39, 0.29) is 11.9 Å². The first kappa shape index (κ1) is 30.4. The topological polar surface area (TPSA) is 124 Å². The van der Waals surface area contributed by atoms with Gasteiger partial charge < -0.3 is 24.3 Å². The molecule has 1 unspecified atom stereocenters. The molecule has 1 aliphatic heterocycles. The van der Waals surface area contributed by atoms with Crippen LogP contribution in [0.5, 0.6) is 0 Å². The molecule has 2 amide bonds. The van der Waals surface area contributed by atoms with Gasteiger partial charge in [-0.25, -0.2) is 24.5 Å². The van der Waals surface area contributed by atoms with Gasteiger partial charge in [-0.05, 0) is 84.1 Å². The monoisotopic (exact) mass is 585 g/mol. The van der Waals surface area contributed by atoms with Gasteiger partial charge in [-0.3, -0.25) is 5.32 Å². The molecule has 1 aromatic carbocycles. The fourth-order valence-corrected chi connectivity index (χ4v) is 5.22. The number of anilines is 2. The molecular formula is C29H40ClN7O4. The standard InChI is InChI=1S/C29H40ClN7O4/c1-9-19-17(2)21(30)12-22(36-11-10-18(13-36)34-26(38)40-28(3,4)5)20(19)14-37-16-33-23-24(31-15-32-25(23)37)35-27(39)41-29(6,7)8/h12,15-16,18H,9-11,13-14H2,1-8H3,(H,34,38)(H,31,32,35,39). The number of nitrogens with one attached hydrogen (secondary N) is 2. The summed E-state index contributed by atoms with van der Waals surface area (Å²) in [4.78, 5) is 40.3. The highest BCUT2D eigenvalue weighted by molar-refractivity contribution is 6.31. The largest absolute Gasteiger partial charge is 0.444 e. The number of ether oxygens (including phenoxy) is 2. The van der Waals surface area contributed by atoms with Crippen LogP contribution >= 0.6 is 11.6 Å². The third kappa shape index (κ3) is 7.38. The number of nitrogens with zero attached hydrogens (tertiary/aromatic N) is 5. The molecule has 0 saturated carbocycles. The van der Waals surface area contributed by atoms with E-state index in [1.165, 1.54) is 6.33 Å². The van der Waals surface area contributed by atoms with Crippen LogP contribution in [0.15, 0.2) is 18.7 Å². The fraction of sp³-hybridized carbons (Fsp3) is 0.552. The minimum Gasteiger partial charge on any atom is -0.444 e. The molecule has 0 aliphatic carbocycles. The number of imidazole rings is 1. The van der Waals surface area contributed by atoms with Crippen LogP contribution in [0.4, 0.5) is 21.1 Å². The number of rotatable bonds is 6. The lowest BCUT2D eigenvalue weighted by Gasteiger charge is -2.27. The zero-order valence-electron chi connectivity index (χ0n) is 25.1. The van der Waals surface area contributed by atoms with Crippen LogP contribution in [0.1, 0.15) is 71.6 Å². The summed E-state index contributed by atoms with van der Waals surface area (Å²) in [7, 11) is 0. The normalized spacial score (nSPS) is 15.7. The molecule has 1 saturated heterocycles. The molecular weight excluding hydrogens is 546 g/mol. The molecule has 4 rings (SSSR count). The number of aromatic nitrogens is 4. The van der Waals surface area contributed by atoms with Crippen LogP contribution in [0, 0.1) is 6.92 Å². The molecule has 0 radical (unpaired) electrons. The van der Waals surface area contributed by atoms with Gasteiger partial charge in [0, 0.05) is 23.8 Å². The van der Waals surface area contributed by atoms with E-state index in [1.54, 1.807) is 27.1 Å². The van der Waals surface area contributed by atoms with Gasteiger partial charge in [0.15, 0.2) is 17.0 Å². The fourth-order valence-electron chi connectivity index (χ4n) is 5.01. The van der Waals surface area contributed by atoms with Gasteiger partial charge >= 0.3 is 12.2 Å². The number of hydrogen-bond acceptors (Lipinski definition) is 8. The van der Waals surface area contributed by atoms with Crippen LogP contribution in [0.3, 0.4) is 0 Å². The molecule has 2 aromatic heterocycles. The number of benzene rings is 1. The second kappa shape index (κ2) is 11.7. The van der Waals surface area contributed by atoms with Gasteiger partial charge in [-0.2, -0.15) is 0 Å². The zero-order chi connectivity index (χ0) is 30.1. The summed E-state index contributed by atoms with van der Waals surface area (Å²) < 4.78 is 12.8. The third-order valence-electron chi connectivity index (χ3n) is 6.70. The van der Waals surface area contributed by atoms with E-state index in [4.69, 9.17) is 21.1 Å². The number of fused-ring (bicyclic) bond motifs is 1. The number of carbonyl (C=O) groups excluding carboxylic acids is 2. The molecule has 2 N–H and O–H groups in total. The maximum Gasteiger partial charge on any atom is 0.413 e. The van der Waals surface area contributed by atoms with Crippen molar-refractivity contribution in [2.75, 3.05) is 23.3 Å². The SMILES string of the molecule is CCc1c(C)c(Cl)cc(N2CCC(NC(=O)OC(C)(C)C)C2)c1Cn1cnc2c(NC(=O)OC(C)(C)C)ncnc21. The number of carbonyl (C=O) groups is 2. The molecule has 0 spiro atoms. The van der Waals surface area contributed by atoms with Gasteiger partial charge in [-0.15, -0.1) is 0 Å². The number of amides is 2. The first-order chi connectivity index (χ1) is 19.1. The van der Waals surface area contributed by atoms with E-state index in [2.05, 4.69) is 37.4 Å². The number of hydrogen-bond donors (Lipinski definition) is 2. The Morgan fingerprint density at radius 2 is 1.73 bits per heavy atom. The Kier molecular flexibility index (Phi) is 8.67. The number of halogens is 1. The van der Waals surface area contributed by atoms with Gasteiger partial charge in [0.1, 0.15) is 17.5 Å². The zero-order valence-corrected chi connectivity index (χ0v) is 25.8. The maximum atomic E-state index is 12.4. The summed E-state index contributed by atoms with van der Waals surface area (Å²) in [6.07, 6.45) is 3.64. The van der Waals surface area contributed by atoms with Crippen molar-refractivity contribution in [3.05, 3.63) is 40.4 Å². The molecule has 12 heteroatoms. The first-order valence-electron chi connectivity index (χ1n) is 13.9. The van der Waals surface area contributed by atoms with Crippen LogP contribution in [0.2, 0.25) is 5.02 Å². The van der Waals surface area contributed by atoms with Gasteiger partial charge in [0.2, 0.25) is 0 Å². The van der Waals surface area contributed by atoms with Crippen molar-refractivity contribution in [1.29, 1.82) is 0 Å². The van der Waals surface area contributed by atoms with E-state index < -0.39 is 23.4 Å². The smallest absolute Gasteiger partial charge is 0.413 e. The summed E-state index contributed by atoms with van der Waals surface area (Å²) in [5.41, 5.74) is 4.13. The van der Waals surface area contributed by atoms with Crippen molar-refractivity contribution in [3.63, 3.8) is 0 Å². The highest BCUT2D eigenvalue weighted by Crippen LogP contribution is 2.36. The molecule has 1 aliphatic rings. The molecule has 222 valence electrons. The van der Waals surface area contributed by atoms with Crippen LogP contribution in [-0.4, -0.2) is 62.0 Å². The maximum absolute atomic E-state index is 12.4. The van der Waals surface area contributed by atoms with E-state index in [0.717, 1.165) is 41.8 Å². The van der Waals surface area contributed by atoms with Gasteiger partial charge in [-0.1, -0.05) is 18.5 Å². The summed E-state index contributed by atoms with van der Waals surface area (Å²) in [6.45, 7) is 16.9. The molecule has 3 aromatic rings. The van der Waals surface area contributed by atoms with Crippen LogP contribution in [0.25, 0.3) is 11.2 Å². The van der Waals surface area contributed by atoms with Crippen molar-refractivity contribution >= 4 is 46.5 Å². The Morgan fingerprint density at radius 1 is 1.05 bits per heavy atom. The average Bonchev–Trinajstić information content (AvgIpc) is 3.47. The molecule has 1 atom stereocenters. The Bertz CT molecular complexity index is 1440. The predicted molar refractivity (Wildman–Crippen MR) is 160 cm³/mol. The number of alkyl carbamates (subject to hydrolysis) is 1. The van der Waals surface area contributed by atoms with Gasteiger partial charge in [0.25, 0.3) is 0 Å². The highest BCUT2D eigenvalue weighted by Gasteiger charge is 2.29. The first-order valence-corrected chi connectivity index (χ1v) is 14.2. The Labute approximate surface area is 246 Å². The minimum absolute atomic E-state index is 0.0499. The summed E-state index contributed by atoms with van der Waals surface area (Å²) in [5, 5.41) is 6.39. The molecule has 1 fully saturated rings. The van der Waals surface area contributed by atoms with E-state index in [9.17, 15) is 9.59 Å². The second-order valence-electron chi connectivity index (χ2n) is 12.3. The lowest BCUT2D eigenvalue weighted by atomic mass is 9.96. The van der Waals surface area contributed by atoms with Crippen molar-refractivity contribution in [3.8, 4) is 0 Å². The van der Waals surface area contributed by atoms with Crippen LogP contribution in [-0.2, 0) is 22.4 Å². The van der Waals surface area contributed by atoms with Crippen molar-refractivity contribution in [1.82, 2.24) is 24.8 Å². The molecule has 0 bridgehead atoms. The van der Waals surface area contributed by atoms with E-state index >= 15 is 0 Å². The Balaban J connectivity index is 1.63. The van der Waals surface area contributed by atoms with Gasteiger partial charge in [0.05, 0.1) is 18.9 Å². The van der Waals surface area contributed by atoms with Crippen LogP contribution < -0.4 is 15.5 Å². The lowest BCUT2D eigenvalue weighted by molar-refractivity contribution is 0.0508.